The van der Waals surface area contributed by atoms with E-state index in [-0.39, 0.29) is 17.8 Å². The van der Waals surface area contributed by atoms with E-state index in [2.05, 4.69) is 45.0 Å². The third kappa shape index (κ3) is 8.90. The number of hydrogen-bond donors (Lipinski definition) is 4. The molecule has 4 heterocycles. The Morgan fingerprint density at radius 1 is 1.04 bits per heavy atom. The van der Waals surface area contributed by atoms with Gasteiger partial charge in [-0.05, 0) is 63.5 Å². The molecule has 0 unspecified atom stereocenters. The second-order valence-electron chi connectivity index (χ2n) is 13.2. The predicted molar refractivity (Wildman–Crippen MR) is 195 cm³/mol. The van der Waals surface area contributed by atoms with Gasteiger partial charge < -0.3 is 30.6 Å². The van der Waals surface area contributed by atoms with Gasteiger partial charge in [0.25, 0.3) is 0 Å². The summed E-state index contributed by atoms with van der Waals surface area (Å²) < 4.78 is 4.91. The van der Waals surface area contributed by atoms with Crippen molar-refractivity contribution >= 4 is 57.3 Å². The van der Waals surface area contributed by atoms with E-state index in [4.69, 9.17) is 14.7 Å². The lowest BCUT2D eigenvalue weighted by Crippen LogP contribution is -2.29. The molecule has 2 aromatic carbocycles. The van der Waals surface area contributed by atoms with Crippen LogP contribution >= 0.6 is 11.8 Å². The zero-order chi connectivity index (χ0) is 34.2. The van der Waals surface area contributed by atoms with E-state index in [0.717, 1.165) is 90.8 Å². The molecular formula is C37H47N7O4S. The molecule has 0 spiro atoms. The summed E-state index contributed by atoms with van der Waals surface area (Å²) in [5, 5.41) is 12.1. The lowest BCUT2D eigenvalue weighted by molar-refractivity contribution is -0.121. The molecular weight excluding hydrogens is 639 g/mol. The van der Waals surface area contributed by atoms with Gasteiger partial charge in [0.1, 0.15) is 17.3 Å². The molecule has 11 nitrogen and oxygen atoms in total. The van der Waals surface area contributed by atoms with E-state index in [0.29, 0.717) is 54.4 Å². The number of hydrogen-bond acceptors (Lipinski definition) is 9. The van der Waals surface area contributed by atoms with Gasteiger partial charge in [0, 0.05) is 66.2 Å². The van der Waals surface area contributed by atoms with Crippen molar-refractivity contribution in [3.63, 3.8) is 0 Å². The fraction of sp³-hybridized carbons (Fsp3) is 0.486. The summed E-state index contributed by atoms with van der Waals surface area (Å²) in [6.07, 6.45) is 6.68. The number of nitrogens with zero attached hydrogens (tertiary/aromatic N) is 3. The minimum absolute atomic E-state index is 0.128. The Morgan fingerprint density at radius 2 is 1.86 bits per heavy atom. The molecule has 2 amide bonds. The van der Waals surface area contributed by atoms with E-state index in [9.17, 15) is 14.4 Å². The maximum Gasteiger partial charge on any atom is 0.337 e. The van der Waals surface area contributed by atoms with Crippen LogP contribution in [0.5, 0.6) is 0 Å². The largest absolute Gasteiger partial charge is 0.465 e. The lowest BCUT2D eigenvalue weighted by Gasteiger charge is -2.17. The number of unbranched alkanes of at least 4 members (excludes halogenated alkanes) is 1. The number of carbonyl (C=O) groups is 3. The zero-order valence-electron chi connectivity index (χ0n) is 28.4. The number of fused-ring (bicyclic) bond motifs is 4. The Hall–Kier alpha value is -4.16. The SMILES string of the molecule is COC(=O)c1ccc2c(c1)[nH]c1nc(Cc3ccccc3)nc(NCCCN(C)CCCNC(=O)CCCC[C@@H]3SC[C@@H]4NC(=O)C[C@@H]43)c12. The smallest absolute Gasteiger partial charge is 0.337 e. The fourth-order valence-corrected chi connectivity index (χ4v) is 8.62. The normalized spacial score (nSPS) is 18.6. The van der Waals surface area contributed by atoms with Gasteiger partial charge in [0.15, 0.2) is 0 Å². The number of rotatable bonds is 17. The zero-order valence-corrected chi connectivity index (χ0v) is 29.2. The van der Waals surface area contributed by atoms with Gasteiger partial charge in [-0.3, -0.25) is 9.59 Å². The van der Waals surface area contributed by atoms with Crippen molar-refractivity contribution in [1.82, 2.24) is 30.5 Å². The molecule has 260 valence electrons. The standard InChI is InChI=1S/C37H47N7O4S/c1-44(18-8-16-38-32(45)13-7-6-12-30-27-22-33(46)40-29(27)23-49-30)19-9-17-39-35-34-26-15-14-25(37(47)48-2)21-28(26)41-36(34)43-31(42-35)20-24-10-4-3-5-11-24/h3-5,10-11,14-15,21,27,29-30H,6-9,12-13,16-20,22-23H2,1-2H3,(H,38,45)(H,40,46)(H2,39,41,42,43)/t27-,29-,30-/m0/s1. The fourth-order valence-electron chi connectivity index (χ4n) is 6.97. The Kier molecular flexibility index (Phi) is 11.7. The number of thioether (sulfide) groups is 1. The average Bonchev–Trinajstić information content (AvgIpc) is 3.78. The number of benzene rings is 2. The van der Waals surface area contributed by atoms with E-state index in [1.165, 1.54) is 7.11 Å². The number of amides is 2. The number of aromatic amines is 1. The van der Waals surface area contributed by atoms with Gasteiger partial charge in [-0.15, -0.1) is 0 Å². The summed E-state index contributed by atoms with van der Waals surface area (Å²) in [5.41, 5.74) is 3.14. The first-order chi connectivity index (χ1) is 23.9. The lowest BCUT2D eigenvalue weighted by atomic mass is 9.94. The summed E-state index contributed by atoms with van der Waals surface area (Å²) in [7, 11) is 3.49. The van der Waals surface area contributed by atoms with Crippen molar-refractivity contribution in [1.29, 1.82) is 0 Å². The van der Waals surface area contributed by atoms with E-state index in [1.54, 1.807) is 12.1 Å². The van der Waals surface area contributed by atoms with Gasteiger partial charge in [0.05, 0.1) is 18.1 Å². The number of aromatic nitrogens is 3. The van der Waals surface area contributed by atoms with Crippen LogP contribution in [0.15, 0.2) is 48.5 Å². The van der Waals surface area contributed by atoms with Crippen LogP contribution in [0, 0.1) is 5.92 Å². The quantitative estimate of drug-likeness (QED) is 0.0902. The van der Waals surface area contributed by atoms with Crippen LogP contribution in [0.25, 0.3) is 21.9 Å². The molecule has 49 heavy (non-hydrogen) atoms. The van der Waals surface area contributed by atoms with Crippen molar-refractivity contribution < 1.29 is 19.1 Å². The molecule has 4 aromatic rings. The Labute approximate surface area is 291 Å². The van der Waals surface area contributed by atoms with Gasteiger partial charge >= 0.3 is 5.97 Å². The summed E-state index contributed by atoms with van der Waals surface area (Å²) in [6, 6.07) is 16.0. The van der Waals surface area contributed by atoms with E-state index < -0.39 is 0 Å². The number of anilines is 1. The second kappa shape index (κ2) is 16.5. The van der Waals surface area contributed by atoms with Gasteiger partial charge in [-0.25, -0.2) is 14.8 Å². The first-order valence-corrected chi connectivity index (χ1v) is 18.5. The molecule has 6 rings (SSSR count). The highest BCUT2D eigenvalue weighted by Crippen LogP contribution is 2.40. The van der Waals surface area contributed by atoms with E-state index >= 15 is 0 Å². The molecule has 2 aromatic heterocycles. The van der Waals surface area contributed by atoms with Gasteiger partial charge in [-0.2, -0.15) is 11.8 Å². The number of H-pyrrole nitrogens is 1. The molecule has 2 saturated heterocycles. The average molecular weight is 686 g/mol. The molecule has 0 radical (unpaired) electrons. The van der Waals surface area contributed by atoms with Crippen molar-refractivity contribution in [2.24, 2.45) is 5.92 Å². The topological polar surface area (TPSA) is 141 Å². The number of carbonyl (C=O) groups excluding carboxylic acids is 3. The highest BCUT2D eigenvalue weighted by Gasteiger charge is 2.42. The highest BCUT2D eigenvalue weighted by atomic mass is 32.2. The van der Waals surface area contributed by atoms with Gasteiger partial charge in [0.2, 0.25) is 11.8 Å². The highest BCUT2D eigenvalue weighted by molar-refractivity contribution is 8.00. The number of ether oxygens (including phenoxy) is 1. The Bertz CT molecular complexity index is 1760. The molecule has 2 aliphatic rings. The van der Waals surface area contributed by atoms with Crippen molar-refractivity contribution in [3.05, 3.63) is 65.5 Å². The maximum absolute atomic E-state index is 12.4. The molecule has 0 aliphatic carbocycles. The molecule has 2 aliphatic heterocycles. The maximum atomic E-state index is 12.4. The van der Waals surface area contributed by atoms with Crippen LogP contribution in [0.3, 0.4) is 0 Å². The summed E-state index contributed by atoms with van der Waals surface area (Å²) in [4.78, 5) is 51.7. The summed E-state index contributed by atoms with van der Waals surface area (Å²) in [6.45, 7) is 3.22. The minimum Gasteiger partial charge on any atom is -0.465 e. The molecule has 0 bridgehead atoms. The van der Waals surface area contributed by atoms with Crippen molar-refractivity contribution in [2.45, 2.75) is 62.7 Å². The van der Waals surface area contributed by atoms with Crippen LogP contribution in [-0.2, 0) is 20.7 Å². The first kappa shape index (κ1) is 34.7. The molecule has 0 saturated carbocycles. The molecule has 4 N–H and O–H groups in total. The molecule has 2 fully saturated rings. The second-order valence-corrected chi connectivity index (χ2v) is 14.5. The van der Waals surface area contributed by atoms with Crippen LogP contribution in [0.2, 0.25) is 0 Å². The summed E-state index contributed by atoms with van der Waals surface area (Å²) >= 11 is 1.98. The molecule has 3 atom stereocenters. The number of esters is 1. The molecule has 12 heteroatoms. The van der Waals surface area contributed by atoms with Crippen molar-refractivity contribution in [3.8, 4) is 0 Å². The van der Waals surface area contributed by atoms with E-state index in [1.807, 2.05) is 36.0 Å². The first-order valence-electron chi connectivity index (χ1n) is 17.4. The van der Waals surface area contributed by atoms with Crippen molar-refractivity contribution in [2.75, 3.05) is 51.4 Å². The van der Waals surface area contributed by atoms with Crippen LogP contribution < -0.4 is 16.0 Å². The third-order valence-electron chi connectivity index (χ3n) is 9.57. The van der Waals surface area contributed by atoms with Gasteiger partial charge in [-0.1, -0.05) is 42.8 Å². The number of nitrogens with one attached hydrogen (secondary N) is 4. The summed E-state index contributed by atoms with van der Waals surface area (Å²) in [5.74, 6) is 2.93. The minimum atomic E-state index is -0.383. The third-order valence-corrected chi connectivity index (χ3v) is 11.1. The van der Waals surface area contributed by atoms with Crippen LogP contribution in [0.1, 0.15) is 66.7 Å². The number of methoxy groups -OCH3 is 1. The van der Waals surface area contributed by atoms with Crippen LogP contribution in [0.4, 0.5) is 5.82 Å². The monoisotopic (exact) mass is 685 g/mol. The van der Waals surface area contributed by atoms with Crippen LogP contribution in [-0.4, -0.2) is 95.0 Å². The Morgan fingerprint density at radius 3 is 2.67 bits per heavy atom. The predicted octanol–water partition coefficient (Wildman–Crippen LogP) is 4.91. The Balaban J connectivity index is 0.938.